The molecule has 1 fully saturated rings. The van der Waals surface area contributed by atoms with Crippen molar-refractivity contribution in [3.8, 4) is 0 Å². The van der Waals surface area contributed by atoms with Crippen molar-refractivity contribution in [1.29, 1.82) is 0 Å². The predicted octanol–water partition coefficient (Wildman–Crippen LogP) is -0.371. The van der Waals surface area contributed by atoms with Gasteiger partial charge in [0.15, 0.2) is 0 Å². The highest BCUT2D eigenvalue weighted by Gasteiger charge is 2.33. The average Bonchev–Trinajstić information content (AvgIpc) is 2.79. The molecule has 7 nitrogen and oxygen atoms in total. The summed E-state index contributed by atoms with van der Waals surface area (Å²) in [6.07, 6.45) is 0. The lowest BCUT2D eigenvalue weighted by Gasteiger charge is -2.34. The van der Waals surface area contributed by atoms with E-state index >= 15 is 0 Å². The smallest absolute Gasteiger partial charge is 0.261 e. The summed E-state index contributed by atoms with van der Waals surface area (Å²) in [6.45, 7) is 4.33. The van der Waals surface area contributed by atoms with Crippen molar-refractivity contribution in [2.45, 2.75) is 0 Å². The van der Waals surface area contributed by atoms with Crippen LogP contribution in [0.25, 0.3) is 0 Å². The first-order valence-electron chi connectivity index (χ1n) is 7.71. The van der Waals surface area contributed by atoms with Crippen molar-refractivity contribution in [3.63, 3.8) is 0 Å². The van der Waals surface area contributed by atoms with Gasteiger partial charge in [-0.3, -0.25) is 24.2 Å². The Kier molecular flexibility index (Phi) is 4.14. The molecule has 23 heavy (non-hydrogen) atoms. The quantitative estimate of drug-likeness (QED) is 0.769. The summed E-state index contributed by atoms with van der Waals surface area (Å²) in [7, 11) is 1.45. The van der Waals surface area contributed by atoms with Gasteiger partial charge in [0.1, 0.15) is 0 Å². The summed E-state index contributed by atoms with van der Waals surface area (Å²) < 4.78 is 0. The summed E-state index contributed by atoms with van der Waals surface area (Å²) >= 11 is 0. The highest BCUT2D eigenvalue weighted by molar-refractivity contribution is 6.21. The molecule has 0 aromatic heterocycles. The number of nitrogens with zero attached hydrogens (tertiary/aromatic N) is 3. The van der Waals surface area contributed by atoms with E-state index in [4.69, 9.17) is 5.73 Å². The molecule has 0 atom stereocenters. The number of hydrogen-bond donors (Lipinski definition) is 1. The van der Waals surface area contributed by atoms with Crippen molar-refractivity contribution >= 4 is 17.7 Å². The first kappa shape index (κ1) is 15.6. The lowest BCUT2D eigenvalue weighted by atomic mass is 10.0. The summed E-state index contributed by atoms with van der Waals surface area (Å²) in [5.41, 5.74) is 6.67. The van der Waals surface area contributed by atoms with Gasteiger partial charge in [0.2, 0.25) is 0 Å². The maximum Gasteiger partial charge on any atom is 0.261 e. The Morgan fingerprint density at radius 3 is 2.39 bits per heavy atom. The molecule has 2 aliphatic heterocycles. The highest BCUT2D eigenvalue weighted by atomic mass is 16.2. The highest BCUT2D eigenvalue weighted by Crippen LogP contribution is 2.23. The predicted molar refractivity (Wildman–Crippen MR) is 84.3 cm³/mol. The van der Waals surface area contributed by atoms with E-state index < -0.39 is 0 Å². The third kappa shape index (κ3) is 2.73. The molecule has 3 rings (SSSR count). The topological polar surface area (TPSA) is 87.0 Å². The lowest BCUT2D eigenvalue weighted by molar-refractivity contribution is 0.0640. The number of piperazine rings is 1. The SMILES string of the molecule is CN1C(=O)c2ccc(C(=O)N3CCN(CCN)CC3)cc2C1=O. The minimum atomic E-state index is -0.354. The van der Waals surface area contributed by atoms with E-state index in [0.29, 0.717) is 36.3 Å². The number of amides is 3. The van der Waals surface area contributed by atoms with Gasteiger partial charge >= 0.3 is 0 Å². The molecule has 0 bridgehead atoms. The van der Waals surface area contributed by atoms with Crippen LogP contribution in [0.3, 0.4) is 0 Å². The number of carbonyl (C=O) groups excluding carboxylic acids is 3. The zero-order chi connectivity index (χ0) is 16.6. The fourth-order valence-electron chi connectivity index (χ4n) is 3.03. The van der Waals surface area contributed by atoms with E-state index in [2.05, 4.69) is 4.90 Å². The number of nitrogens with two attached hydrogens (primary N) is 1. The molecule has 1 saturated heterocycles. The van der Waals surface area contributed by atoms with E-state index in [9.17, 15) is 14.4 Å². The second kappa shape index (κ2) is 6.10. The molecule has 0 saturated carbocycles. The number of fused-ring (bicyclic) bond motifs is 1. The summed E-state index contributed by atoms with van der Waals surface area (Å²) in [5, 5.41) is 0. The molecule has 0 unspecified atom stereocenters. The summed E-state index contributed by atoms with van der Waals surface area (Å²) in [4.78, 5) is 41.6. The molecular weight excluding hydrogens is 296 g/mol. The fourth-order valence-corrected chi connectivity index (χ4v) is 3.03. The van der Waals surface area contributed by atoms with Gasteiger partial charge in [-0.1, -0.05) is 0 Å². The number of imide groups is 1. The first-order chi connectivity index (χ1) is 11.0. The van der Waals surface area contributed by atoms with Crippen molar-refractivity contribution in [3.05, 3.63) is 34.9 Å². The third-order valence-electron chi connectivity index (χ3n) is 4.44. The minimum Gasteiger partial charge on any atom is -0.336 e. The van der Waals surface area contributed by atoms with Crippen LogP contribution in [0, 0.1) is 0 Å². The van der Waals surface area contributed by atoms with Crippen LogP contribution in [-0.4, -0.2) is 78.7 Å². The number of carbonyl (C=O) groups is 3. The third-order valence-corrected chi connectivity index (χ3v) is 4.44. The lowest BCUT2D eigenvalue weighted by Crippen LogP contribution is -2.49. The van der Waals surface area contributed by atoms with Crippen molar-refractivity contribution < 1.29 is 14.4 Å². The zero-order valence-corrected chi connectivity index (χ0v) is 13.1. The average molecular weight is 316 g/mol. The van der Waals surface area contributed by atoms with Crippen LogP contribution in [0.5, 0.6) is 0 Å². The Balaban J connectivity index is 1.75. The maximum absolute atomic E-state index is 12.6. The molecule has 2 heterocycles. The van der Waals surface area contributed by atoms with Crippen LogP contribution in [-0.2, 0) is 0 Å². The number of hydrogen-bond acceptors (Lipinski definition) is 5. The molecule has 1 aromatic rings. The second-order valence-electron chi connectivity index (χ2n) is 5.85. The van der Waals surface area contributed by atoms with Crippen molar-refractivity contribution in [1.82, 2.24) is 14.7 Å². The van der Waals surface area contributed by atoms with Crippen molar-refractivity contribution in [2.24, 2.45) is 5.73 Å². The van der Waals surface area contributed by atoms with Crippen LogP contribution >= 0.6 is 0 Å². The monoisotopic (exact) mass is 316 g/mol. The van der Waals surface area contributed by atoms with Gasteiger partial charge in [0, 0.05) is 51.9 Å². The molecule has 7 heteroatoms. The minimum absolute atomic E-state index is 0.102. The van der Waals surface area contributed by atoms with E-state index in [1.165, 1.54) is 13.1 Å². The summed E-state index contributed by atoms with van der Waals surface area (Å²) in [5.74, 6) is -0.776. The van der Waals surface area contributed by atoms with Crippen LogP contribution in [0.1, 0.15) is 31.1 Å². The van der Waals surface area contributed by atoms with E-state index in [-0.39, 0.29) is 17.7 Å². The Labute approximate surface area is 134 Å². The van der Waals surface area contributed by atoms with Gasteiger partial charge < -0.3 is 10.6 Å². The molecule has 122 valence electrons. The second-order valence-corrected chi connectivity index (χ2v) is 5.85. The molecule has 1 aromatic carbocycles. The van der Waals surface area contributed by atoms with Gasteiger partial charge in [0.25, 0.3) is 17.7 Å². The summed E-state index contributed by atoms with van der Waals surface area (Å²) in [6, 6.07) is 4.72. The Bertz CT molecular complexity index is 665. The van der Waals surface area contributed by atoms with Crippen molar-refractivity contribution in [2.75, 3.05) is 46.3 Å². The fraction of sp³-hybridized carbons (Fsp3) is 0.438. The molecule has 0 radical (unpaired) electrons. The zero-order valence-electron chi connectivity index (χ0n) is 13.1. The van der Waals surface area contributed by atoms with Crippen LogP contribution in [0.15, 0.2) is 18.2 Å². The number of rotatable bonds is 3. The van der Waals surface area contributed by atoms with E-state index in [1.807, 2.05) is 0 Å². The standard InChI is InChI=1S/C16H20N4O3/c1-18-15(22)12-3-2-11(10-13(12)16(18)23)14(21)20-8-6-19(5-4-17)7-9-20/h2-3,10H,4-9,17H2,1H3. The van der Waals surface area contributed by atoms with Crippen LogP contribution in [0.2, 0.25) is 0 Å². The Morgan fingerprint density at radius 2 is 1.74 bits per heavy atom. The molecule has 0 aliphatic carbocycles. The normalized spacial score (nSPS) is 18.5. The first-order valence-corrected chi connectivity index (χ1v) is 7.71. The van der Waals surface area contributed by atoms with Gasteiger partial charge in [-0.15, -0.1) is 0 Å². The molecule has 0 spiro atoms. The molecule has 2 aliphatic rings. The van der Waals surface area contributed by atoms with Gasteiger partial charge in [0.05, 0.1) is 11.1 Å². The van der Waals surface area contributed by atoms with Crippen LogP contribution in [0.4, 0.5) is 0 Å². The Hall–Kier alpha value is -2.25. The van der Waals surface area contributed by atoms with Gasteiger partial charge in [-0.25, -0.2) is 0 Å². The molecular formula is C16H20N4O3. The molecule has 3 amide bonds. The molecule has 2 N–H and O–H groups in total. The van der Waals surface area contributed by atoms with E-state index in [1.54, 1.807) is 17.0 Å². The van der Waals surface area contributed by atoms with Gasteiger partial charge in [-0.2, -0.15) is 0 Å². The Morgan fingerprint density at radius 1 is 1.09 bits per heavy atom. The number of benzene rings is 1. The largest absolute Gasteiger partial charge is 0.336 e. The van der Waals surface area contributed by atoms with Gasteiger partial charge in [-0.05, 0) is 18.2 Å². The maximum atomic E-state index is 12.6. The van der Waals surface area contributed by atoms with E-state index in [0.717, 1.165) is 24.5 Å². The van der Waals surface area contributed by atoms with Crippen LogP contribution < -0.4 is 5.73 Å².